The number of rotatable bonds is 10. The Kier molecular flexibility index (Phi) is 9.05. The molecular weight excluding hydrogens is 374 g/mol. The number of amides is 1. The summed E-state index contributed by atoms with van der Waals surface area (Å²) in [6, 6.07) is 5.81. The standard InChI is InChI=1S/C14H19NO4S4/c1-17-6-7-19-9-8-18-5-4-15-14(16)11-2-3-12-13(10-11)21-23-22-20-12/h2-3,10H,4-9H2,1H3,(H,15,16). The average molecular weight is 394 g/mol. The van der Waals surface area contributed by atoms with Crippen LogP contribution in [0.15, 0.2) is 18.2 Å². The number of benzene rings is 1. The van der Waals surface area contributed by atoms with E-state index in [9.17, 15) is 4.79 Å². The van der Waals surface area contributed by atoms with Crippen LogP contribution in [0.3, 0.4) is 0 Å². The topological polar surface area (TPSA) is 56.8 Å². The molecule has 1 heterocycles. The molecule has 2 rings (SSSR count). The van der Waals surface area contributed by atoms with Gasteiger partial charge in [0.05, 0.1) is 42.4 Å². The normalized spacial score (nSPS) is 10.8. The second-order valence-corrected chi connectivity index (χ2v) is 10.2. The number of carbonyl (C=O) groups is 1. The minimum atomic E-state index is -0.0680. The first-order valence-corrected chi connectivity index (χ1v) is 11.9. The summed E-state index contributed by atoms with van der Waals surface area (Å²) >= 11 is 0. The fourth-order valence-corrected chi connectivity index (χ4v) is 7.82. The third-order valence-corrected chi connectivity index (χ3v) is 9.07. The summed E-state index contributed by atoms with van der Waals surface area (Å²) in [6.07, 6.45) is 0. The molecule has 1 N–H and O–H groups in total. The number of nitrogens with one attached hydrogen (secondary N) is 1. The lowest BCUT2D eigenvalue weighted by atomic mass is 10.2. The van der Waals surface area contributed by atoms with Gasteiger partial charge in [0.2, 0.25) is 0 Å². The minimum Gasteiger partial charge on any atom is -0.382 e. The summed E-state index contributed by atoms with van der Waals surface area (Å²) in [4.78, 5) is 12.1. The lowest BCUT2D eigenvalue weighted by molar-refractivity contribution is 0.0255. The van der Waals surface area contributed by atoms with Gasteiger partial charge in [0.1, 0.15) is 0 Å². The van der Waals surface area contributed by atoms with Gasteiger partial charge in [-0.25, -0.2) is 0 Å². The van der Waals surface area contributed by atoms with E-state index in [0.29, 0.717) is 45.1 Å². The van der Waals surface area contributed by atoms with Crippen molar-refractivity contribution in [3.8, 4) is 0 Å². The quantitative estimate of drug-likeness (QED) is 0.495. The first-order chi connectivity index (χ1) is 11.3. The molecular formula is C14H19NO4S4. The van der Waals surface area contributed by atoms with Crippen molar-refractivity contribution in [1.82, 2.24) is 5.32 Å². The Morgan fingerprint density at radius 3 is 2.48 bits per heavy atom. The maximum atomic E-state index is 12.1. The Labute approximate surface area is 149 Å². The minimum absolute atomic E-state index is 0.0680. The zero-order valence-electron chi connectivity index (χ0n) is 12.7. The maximum absolute atomic E-state index is 12.1. The molecule has 0 unspecified atom stereocenters. The zero-order chi connectivity index (χ0) is 16.3. The van der Waals surface area contributed by atoms with E-state index in [1.807, 2.05) is 18.2 Å². The maximum Gasteiger partial charge on any atom is 0.251 e. The van der Waals surface area contributed by atoms with Crippen LogP contribution in [0.2, 0.25) is 0 Å². The van der Waals surface area contributed by atoms with Gasteiger partial charge in [-0.1, -0.05) is 20.7 Å². The van der Waals surface area contributed by atoms with Gasteiger partial charge < -0.3 is 19.5 Å². The van der Waals surface area contributed by atoms with E-state index in [-0.39, 0.29) is 5.91 Å². The van der Waals surface area contributed by atoms with Crippen molar-refractivity contribution in [3.05, 3.63) is 23.8 Å². The van der Waals surface area contributed by atoms with Gasteiger partial charge >= 0.3 is 0 Å². The van der Waals surface area contributed by atoms with E-state index in [1.54, 1.807) is 46.5 Å². The van der Waals surface area contributed by atoms with Crippen LogP contribution in [0.5, 0.6) is 0 Å². The number of carbonyl (C=O) groups excluding carboxylic acids is 1. The molecule has 2 aromatic rings. The summed E-state index contributed by atoms with van der Waals surface area (Å²) in [5.41, 5.74) is 0.687. The fraction of sp³-hybridized carbons (Fsp3) is 0.500. The molecule has 0 aliphatic heterocycles. The molecule has 0 saturated heterocycles. The lowest BCUT2D eigenvalue weighted by Gasteiger charge is -2.07. The molecule has 0 radical (unpaired) electrons. The van der Waals surface area contributed by atoms with Crippen molar-refractivity contribution in [2.24, 2.45) is 0 Å². The molecule has 0 aliphatic carbocycles. The van der Waals surface area contributed by atoms with Crippen LogP contribution in [0.4, 0.5) is 0 Å². The summed E-state index contributed by atoms with van der Waals surface area (Å²) in [5, 5.41) is 2.86. The first kappa shape index (κ1) is 18.8. The van der Waals surface area contributed by atoms with E-state index in [0.717, 1.165) is 4.70 Å². The van der Waals surface area contributed by atoms with Gasteiger partial charge in [0.15, 0.2) is 0 Å². The van der Waals surface area contributed by atoms with Gasteiger partial charge in [0.25, 0.3) is 5.91 Å². The first-order valence-electron chi connectivity index (χ1n) is 7.06. The Morgan fingerprint density at radius 1 is 1.00 bits per heavy atom. The van der Waals surface area contributed by atoms with E-state index >= 15 is 0 Å². The van der Waals surface area contributed by atoms with Crippen molar-refractivity contribution >= 4 is 54.7 Å². The number of ether oxygens (including phenoxy) is 3. The molecule has 0 bridgehead atoms. The van der Waals surface area contributed by atoms with Crippen molar-refractivity contribution in [2.75, 3.05) is 46.7 Å². The Bertz CT molecular complexity index is 629. The molecule has 23 heavy (non-hydrogen) atoms. The Morgan fingerprint density at radius 2 is 1.70 bits per heavy atom. The van der Waals surface area contributed by atoms with Crippen LogP contribution in [-0.2, 0) is 14.2 Å². The van der Waals surface area contributed by atoms with E-state index in [1.165, 1.54) is 4.70 Å². The molecule has 0 atom stereocenters. The van der Waals surface area contributed by atoms with E-state index in [2.05, 4.69) is 5.32 Å². The third-order valence-electron chi connectivity index (χ3n) is 2.82. The summed E-state index contributed by atoms with van der Waals surface area (Å²) in [7, 11) is 8.52. The molecule has 128 valence electrons. The van der Waals surface area contributed by atoms with Crippen molar-refractivity contribution in [1.29, 1.82) is 0 Å². The van der Waals surface area contributed by atoms with E-state index in [4.69, 9.17) is 14.2 Å². The number of hydrogen-bond acceptors (Lipinski definition) is 8. The highest BCUT2D eigenvalue weighted by molar-refractivity contribution is 8.09. The zero-order valence-corrected chi connectivity index (χ0v) is 16.0. The average Bonchev–Trinajstić information content (AvgIpc) is 2.59. The van der Waals surface area contributed by atoms with Crippen LogP contribution in [0, 0.1) is 0 Å². The fourth-order valence-electron chi connectivity index (χ4n) is 1.69. The van der Waals surface area contributed by atoms with Crippen LogP contribution < -0.4 is 5.32 Å². The highest BCUT2D eigenvalue weighted by atomic mass is 33.4. The monoisotopic (exact) mass is 393 g/mol. The lowest BCUT2D eigenvalue weighted by Crippen LogP contribution is -2.27. The highest BCUT2D eigenvalue weighted by Crippen LogP contribution is 2.31. The largest absolute Gasteiger partial charge is 0.382 e. The number of fused-ring (bicyclic) bond motifs is 1. The van der Waals surface area contributed by atoms with Gasteiger partial charge in [-0.15, -0.1) is 0 Å². The van der Waals surface area contributed by atoms with Crippen LogP contribution in [0.1, 0.15) is 10.4 Å². The van der Waals surface area contributed by atoms with Crippen LogP contribution in [-0.4, -0.2) is 52.6 Å². The number of methoxy groups -OCH3 is 1. The van der Waals surface area contributed by atoms with Crippen LogP contribution >= 0.6 is 39.4 Å². The predicted molar refractivity (Wildman–Crippen MR) is 98.9 cm³/mol. The molecule has 1 amide bonds. The summed E-state index contributed by atoms with van der Waals surface area (Å²) < 4.78 is 17.9. The second kappa shape index (κ2) is 11.1. The molecule has 0 aliphatic rings. The highest BCUT2D eigenvalue weighted by Gasteiger charge is 2.06. The Balaban J connectivity index is 1.64. The SMILES string of the molecule is COCCOCCOCCNC(=O)c1ccc2ssssc2c1. The van der Waals surface area contributed by atoms with Gasteiger partial charge in [0, 0.05) is 19.2 Å². The van der Waals surface area contributed by atoms with Crippen molar-refractivity contribution in [3.63, 3.8) is 0 Å². The van der Waals surface area contributed by atoms with Gasteiger partial charge in [-0.05, 0) is 36.9 Å². The molecule has 0 spiro atoms. The summed E-state index contributed by atoms with van der Waals surface area (Å²) in [6.45, 7) is 3.17. The molecule has 5 nitrogen and oxygen atoms in total. The smallest absolute Gasteiger partial charge is 0.251 e. The molecule has 9 heteroatoms. The second-order valence-electron chi connectivity index (χ2n) is 4.44. The third kappa shape index (κ3) is 6.84. The van der Waals surface area contributed by atoms with Gasteiger partial charge in [-0.3, -0.25) is 4.79 Å². The summed E-state index contributed by atoms with van der Waals surface area (Å²) in [5.74, 6) is -0.0680. The molecule has 0 fully saturated rings. The van der Waals surface area contributed by atoms with Gasteiger partial charge in [-0.2, -0.15) is 0 Å². The van der Waals surface area contributed by atoms with E-state index < -0.39 is 0 Å². The van der Waals surface area contributed by atoms with Crippen molar-refractivity contribution < 1.29 is 19.0 Å². The predicted octanol–water partition coefficient (Wildman–Crippen LogP) is 3.62. The molecule has 1 aromatic carbocycles. The number of hydrogen-bond donors (Lipinski definition) is 1. The Hall–Kier alpha value is -0.550. The molecule has 1 aromatic heterocycles. The van der Waals surface area contributed by atoms with Crippen LogP contribution in [0.25, 0.3) is 9.40 Å². The molecule has 0 saturated carbocycles. The van der Waals surface area contributed by atoms with Crippen molar-refractivity contribution in [2.45, 2.75) is 0 Å².